The van der Waals surface area contributed by atoms with Crippen LogP contribution in [0.3, 0.4) is 0 Å². The normalized spacial score (nSPS) is 13.1. The van der Waals surface area contributed by atoms with Crippen LogP contribution < -0.4 is 5.32 Å². The van der Waals surface area contributed by atoms with Crippen LogP contribution in [0.2, 0.25) is 0 Å². The molecule has 0 aliphatic heterocycles. The van der Waals surface area contributed by atoms with Crippen LogP contribution in [0.5, 0.6) is 0 Å². The maximum absolute atomic E-state index is 8.79. The zero-order valence-electron chi connectivity index (χ0n) is 9.34. The Hall–Kier alpha value is -0.120. The molecule has 0 heterocycles. The summed E-state index contributed by atoms with van der Waals surface area (Å²) in [6, 6.07) is 0. The van der Waals surface area contributed by atoms with Crippen LogP contribution in [0.4, 0.5) is 0 Å². The van der Waals surface area contributed by atoms with E-state index in [0.29, 0.717) is 19.1 Å². The Bertz CT molecular complexity index is 109. The molecular formula is C11H25NO2. The predicted octanol–water partition coefficient (Wildman–Crippen LogP) is 1.15. The van der Waals surface area contributed by atoms with Gasteiger partial charge in [0.1, 0.15) is 0 Å². The fraction of sp³-hybridized carbons (Fsp3) is 1.00. The zero-order valence-corrected chi connectivity index (χ0v) is 9.34. The van der Waals surface area contributed by atoms with E-state index < -0.39 is 0 Å². The third-order valence-electron chi connectivity index (χ3n) is 2.37. The average molecular weight is 203 g/mol. The van der Waals surface area contributed by atoms with Crippen molar-refractivity contribution in [1.29, 1.82) is 0 Å². The highest BCUT2D eigenvalue weighted by Gasteiger charge is 1.98. The Balaban J connectivity index is 2.92. The minimum atomic E-state index is 0.302. The average Bonchev–Trinajstić information content (AvgIpc) is 2.21. The molecule has 0 aromatic carbocycles. The first-order valence-electron chi connectivity index (χ1n) is 5.73. The van der Waals surface area contributed by atoms with Crippen molar-refractivity contribution < 1.29 is 10.2 Å². The van der Waals surface area contributed by atoms with Gasteiger partial charge in [-0.05, 0) is 51.1 Å². The summed E-state index contributed by atoms with van der Waals surface area (Å²) in [5.74, 6) is 0.436. The molecule has 3 N–H and O–H groups in total. The van der Waals surface area contributed by atoms with Gasteiger partial charge in [0.25, 0.3) is 0 Å². The van der Waals surface area contributed by atoms with Crippen molar-refractivity contribution in [3.05, 3.63) is 0 Å². The quantitative estimate of drug-likeness (QED) is 0.467. The zero-order chi connectivity index (χ0) is 10.6. The Morgan fingerprint density at radius 3 is 2.36 bits per heavy atom. The van der Waals surface area contributed by atoms with Gasteiger partial charge in [-0.2, -0.15) is 0 Å². The van der Waals surface area contributed by atoms with Gasteiger partial charge in [0.2, 0.25) is 0 Å². The molecule has 1 unspecified atom stereocenters. The van der Waals surface area contributed by atoms with Gasteiger partial charge in [-0.15, -0.1) is 0 Å². The molecule has 1 atom stereocenters. The Morgan fingerprint density at radius 1 is 1.00 bits per heavy atom. The molecule has 0 amide bonds. The standard InChI is InChI=1S/C11H25NO2/c1-11(10-14)6-5-8-12-7-3-2-4-9-13/h11-14H,2-10H2,1H3. The highest BCUT2D eigenvalue weighted by atomic mass is 16.3. The summed E-state index contributed by atoms with van der Waals surface area (Å²) in [5, 5.41) is 20.7. The summed E-state index contributed by atoms with van der Waals surface area (Å²) in [7, 11) is 0. The molecule has 0 radical (unpaired) electrons. The molecule has 3 heteroatoms. The Morgan fingerprint density at radius 2 is 1.71 bits per heavy atom. The van der Waals surface area contributed by atoms with Gasteiger partial charge >= 0.3 is 0 Å². The van der Waals surface area contributed by atoms with Crippen LogP contribution in [0.15, 0.2) is 0 Å². The fourth-order valence-electron chi connectivity index (χ4n) is 1.33. The molecule has 86 valence electrons. The summed E-state index contributed by atoms with van der Waals surface area (Å²) in [5.41, 5.74) is 0. The van der Waals surface area contributed by atoms with Gasteiger partial charge in [0, 0.05) is 13.2 Å². The van der Waals surface area contributed by atoms with Crippen LogP contribution >= 0.6 is 0 Å². The van der Waals surface area contributed by atoms with Gasteiger partial charge in [-0.25, -0.2) is 0 Å². The lowest BCUT2D eigenvalue weighted by molar-refractivity contribution is 0.228. The molecule has 0 aromatic heterocycles. The van der Waals surface area contributed by atoms with Gasteiger partial charge in [0.05, 0.1) is 0 Å². The second kappa shape index (κ2) is 11.0. The summed E-state index contributed by atoms with van der Waals surface area (Å²) in [4.78, 5) is 0. The Labute approximate surface area is 87.5 Å². The monoisotopic (exact) mass is 203 g/mol. The van der Waals surface area contributed by atoms with Crippen molar-refractivity contribution in [3.8, 4) is 0 Å². The molecule has 0 saturated heterocycles. The third-order valence-corrected chi connectivity index (χ3v) is 2.37. The molecule has 0 spiro atoms. The van der Waals surface area contributed by atoms with Gasteiger partial charge in [-0.3, -0.25) is 0 Å². The van der Waals surface area contributed by atoms with Gasteiger partial charge in [-0.1, -0.05) is 6.92 Å². The van der Waals surface area contributed by atoms with Gasteiger partial charge < -0.3 is 15.5 Å². The maximum atomic E-state index is 8.79. The van der Waals surface area contributed by atoms with Crippen molar-refractivity contribution in [2.75, 3.05) is 26.3 Å². The molecule has 0 fully saturated rings. The molecule has 0 aliphatic rings. The number of hydrogen-bond donors (Lipinski definition) is 3. The van der Waals surface area contributed by atoms with Gasteiger partial charge in [0.15, 0.2) is 0 Å². The van der Waals surface area contributed by atoms with E-state index in [0.717, 1.165) is 45.2 Å². The summed E-state index contributed by atoms with van der Waals surface area (Å²) in [6.07, 6.45) is 5.41. The first kappa shape index (κ1) is 13.9. The molecule has 0 aliphatic carbocycles. The molecular weight excluding hydrogens is 178 g/mol. The molecule has 14 heavy (non-hydrogen) atoms. The highest BCUT2D eigenvalue weighted by Crippen LogP contribution is 2.02. The number of hydrogen-bond acceptors (Lipinski definition) is 3. The SMILES string of the molecule is CC(CO)CCCNCCCCCO. The number of unbranched alkanes of at least 4 members (excludes halogenated alkanes) is 2. The number of aliphatic hydroxyl groups excluding tert-OH is 2. The fourth-order valence-corrected chi connectivity index (χ4v) is 1.33. The lowest BCUT2D eigenvalue weighted by atomic mass is 10.1. The van der Waals surface area contributed by atoms with E-state index in [1.165, 1.54) is 0 Å². The number of aliphatic hydroxyl groups is 2. The largest absolute Gasteiger partial charge is 0.396 e. The van der Waals surface area contributed by atoms with Crippen LogP contribution in [0.25, 0.3) is 0 Å². The van der Waals surface area contributed by atoms with E-state index in [1.807, 2.05) is 0 Å². The second-order valence-electron chi connectivity index (χ2n) is 3.96. The molecule has 3 nitrogen and oxygen atoms in total. The van der Waals surface area contributed by atoms with E-state index in [2.05, 4.69) is 12.2 Å². The topological polar surface area (TPSA) is 52.5 Å². The summed E-state index contributed by atoms with van der Waals surface area (Å²) >= 11 is 0. The smallest absolute Gasteiger partial charge is 0.0456 e. The maximum Gasteiger partial charge on any atom is 0.0456 e. The first-order valence-corrected chi connectivity index (χ1v) is 5.73. The minimum Gasteiger partial charge on any atom is -0.396 e. The highest BCUT2D eigenvalue weighted by molar-refractivity contribution is 4.54. The lowest BCUT2D eigenvalue weighted by Gasteiger charge is -2.07. The van der Waals surface area contributed by atoms with Crippen molar-refractivity contribution in [1.82, 2.24) is 5.32 Å². The second-order valence-corrected chi connectivity index (χ2v) is 3.96. The van der Waals surface area contributed by atoms with E-state index in [4.69, 9.17) is 10.2 Å². The van der Waals surface area contributed by atoms with E-state index in [9.17, 15) is 0 Å². The first-order chi connectivity index (χ1) is 6.81. The summed E-state index contributed by atoms with van der Waals surface area (Å²) in [6.45, 7) is 4.78. The van der Waals surface area contributed by atoms with Crippen LogP contribution in [-0.4, -0.2) is 36.5 Å². The van der Waals surface area contributed by atoms with Crippen molar-refractivity contribution >= 4 is 0 Å². The van der Waals surface area contributed by atoms with Crippen LogP contribution in [-0.2, 0) is 0 Å². The third kappa shape index (κ3) is 9.96. The van der Waals surface area contributed by atoms with Crippen molar-refractivity contribution in [3.63, 3.8) is 0 Å². The Kier molecular flexibility index (Phi) is 10.9. The predicted molar refractivity (Wildman–Crippen MR) is 59.3 cm³/mol. The molecule has 0 aromatic rings. The van der Waals surface area contributed by atoms with Crippen LogP contribution in [0.1, 0.15) is 39.0 Å². The molecule has 0 bridgehead atoms. The molecule has 0 saturated carbocycles. The van der Waals surface area contributed by atoms with E-state index >= 15 is 0 Å². The van der Waals surface area contributed by atoms with Crippen LogP contribution in [0, 0.1) is 5.92 Å². The lowest BCUT2D eigenvalue weighted by Crippen LogP contribution is -2.17. The summed E-state index contributed by atoms with van der Waals surface area (Å²) < 4.78 is 0. The van der Waals surface area contributed by atoms with Crippen molar-refractivity contribution in [2.24, 2.45) is 5.92 Å². The van der Waals surface area contributed by atoms with Crippen molar-refractivity contribution in [2.45, 2.75) is 39.0 Å². The number of rotatable bonds is 10. The minimum absolute atomic E-state index is 0.302. The number of nitrogens with one attached hydrogen (secondary N) is 1. The van der Waals surface area contributed by atoms with E-state index in [1.54, 1.807) is 0 Å². The molecule has 0 rings (SSSR count). The van der Waals surface area contributed by atoms with E-state index in [-0.39, 0.29) is 0 Å².